The molecule has 0 saturated carbocycles. The Hall–Kier alpha value is -2.07. The number of fused-ring (bicyclic) bond motifs is 1. The van der Waals surface area contributed by atoms with Crippen LogP contribution in [0.2, 0.25) is 0 Å². The van der Waals surface area contributed by atoms with E-state index in [1.165, 1.54) is 0 Å². The third-order valence-corrected chi connectivity index (χ3v) is 5.26. The summed E-state index contributed by atoms with van der Waals surface area (Å²) in [6.45, 7) is 8.43. The molecule has 2 aromatic carbocycles. The summed E-state index contributed by atoms with van der Waals surface area (Å²) in [5, 5.41) is 1.42. The van der Waals surface area contributed by atoms with Gasteiger partial charge in [0, 0.05) is 5.75 Å². The third kappa shape index (κ3) is 3.24. The van der Waals surface area contributed by atoms with E-state index in [9.17, 15) is 4.79 Å². The molecule has 0 aliphatic rings. The molecule has 3 aromatic rings. The van der Waals surface area contributed by atoms with Crippen LogP contribution in [0.15, 0.2) is 52.4 Å². The SMILES string of the molecule is Cc1ccc(C)c(-n2c(SCC(C)C)nc3ccccc3c2=O)c1. The van der Waals surface area contributed by atoms with Crippen LogP contribution in [0.1, 0.15) is 25.0 Å². The van der Waals surface area contributed by atoms with Crippen molar-refractivity contribution in [2.75, 3.05) is 5.75 Å². The van der Waals surface area contributed by atoms with E-state index in [2.05, 4.69) is 32.0 Å². The van der Waals surface area contributed by atoms with Crippen LogP contribution >= 0.6 is 11.8 Å². The summed E-state index contributed by atoms with van der Waals surface area (Å²) in [6.07, 6.45) is 0. The number of thioether (sulfide) groups is 1. The Morgan fingerprint density at radius 2 is 1.88 bits per heavy atom. The summed E-state index contributed by atoms with van der Waals surface area (Å²) in [5.74, 6) is 1.46. The molecule has 0 fully saturated rings. The molecule has 0 atom stereocenters. The smallest absolute Gasteiger partial charge is 0.266 e. The highest BCUT2D eigenvalue weighted by atomic mass is 32.2. The predicted octanol–water partition coefficient (Wildman–Crippen LogP) is 4.75. The van der Waals surface area contributed by atoms with Crippen molar-refractivity contribution in [3.63, 3.8) is 0 Å². The fraction of sp³-hybridized carbons (Fsp3) is 0.300. The molecule has 1 heterocycles. The number of rotatable bonds is 4. The lowest BCUT2D eigenvalue weighted by molar-refractivity contribution is 0.742. The van der Waals surface area contributed by atoms with E-state index >= 15 is 0 Å². The molecule has 124 valence electrons. The minimum atomic E-state index is 0.000515. The summed E-state index contributed by atoms with van der Waals surface area (Å²) >= 11 is 1.65. The van der Waals surface area contributed by atoms with Gasteiger partial charge in [0.05, 0.1) is 16.6 Å². The van der Waals surface area contributed by atoms with E-state index in [4.69, 9.17) is 4.98 Å². The second-order valence-electron chi connectivity index (χ2n) is 6.55. The van der Waals surface area contributed by atoms with Gasteiger partial charge >= 0.3 is 0 Å². The molecule has 3 rings (SSSR count). The number of nitrogens with zero attached hydrogens (tertiary/aromatic N) is 2. The number of aryl methyl sites for hydroxylation is 2. The van der Waals surface area contributed by atoms with Crippen LogP contribution in [-0.4, -0.2) is 15.3 Å². The van der Waals surface area contributed by atoms with Gasteiger partial charge in [-0.1, -0.05) is 49.9 Å². The summed E-state index contributed by atoms with van der Waals surface area (Å²) in [5.41, 5.74) is 3.89. The van der Waals surface area contributed by atoms with Crippen molar-refractivity contribution < 1.29 is 0 Å². The first kappa shape index (κ1) is 16.8. The number of hydrogen-bond donors (Lipinski definition) is 0. The van der Waals surface area contributed by atoms with Gasteiger partial charge in [-0.15, -0.1) is 0 Å². The summed E-state index contributed by atoms with van der Waals surface area (Å²) in [7, 11) is 0. The maximum atomic E-state index is 13.2. The number of aromatic nitrogens is 2. The molecule has 3 nitrogen and oxygen atoms in total. The quantitative estimate of drug-likeness (QED) is 0.508. The molecule has 0 spiro atoms. The van der Waals surface area contributed by atoms with Gasteiger partial charge in [-0.25, -0.2) is 4.98 Å². The minimum Gasteiger partial charge on any atom is -0.268 e. The molecular formula is C20H22N2OS. The van der Waals surface area contributed by atoms with Crippen molar-refractivity contribution >= 4 is 22.7 Å². The Kier molecular flexibility index (Phi) is 4.76. The molecule has 0 N–H and O–H groups in total. The normalized spacial score (nSPS) is 11.4. The van der Waals surface area contributed by atoms with Gasteiger partial charge in [0.1, 0.15) is 0 Å². The van der Waals surface area contributed by atoms with Crippen LogP contribution in [-0.2, 0) is 0 Å². The summed E-state index contributed by atoms with van der Waals surface area (Å²) in [4.78, 5) is 17.9. The maximum absolute atomic E-state index is 13.2. The lowest BCUT2D eigenvalue weighted by Crippen LogP contribution is -2.22. The molecule has 0 aliphatic carbocycles. The Balaban J connectivity index is 2.30. The average Bonchev–Trinajstić information content (AvgIpc) is 2.56. The van der Waals surface area contributed by atoms with E-state index in [-0.39, 0.29) is 5.56 Å². The molecule has 1 aromatic heterocycles. The van der Waals surface area contributed by atoms with Crippen LogP contribution < -0.4 is 5.56 Å². The molecule has 0 saturated heterocycles. The van der Waals surface area contributed by atoms with Crippen molar-refractivity contribution in [3.05, 3.63) is 63.9 Å². The molecule has 0 amide bonds. The zero-order valence-electron chi connectivity index (χ0n) is 14.5. The summed E-state index contributed by atoms with van der Waals surface area (Å²) in [6, 6.07) is 13.8. The van der Waals surface area contributed by atoms with Crippen molar-refractivity contribution in [1.29, 1.82) is 0 Å². The predicted molar refractivity (Wildman–Crippen MR) is 102 cm³/mol. The van der Waals surface area contributed by atoms with E-state index in [1.54, 1.807) is 16.3 Å². The minimum absolute atomic E-state index is 0.000515. The van der Waals surface area contributed by atoms with Crippen molar-refractivity contribution in [1.82, 2.24) is 9.55 Å². The zero-order valence-corrected chi connectivity index (χ0v) is 15.4. The number of benzene rings is 2. The van der Waals surface area contributed by atoms with Crippen LogP contribution in [0.4, 0.5) is 0 Å². The van der Waals surface area contributed by atoms with E-state index in [0.29, 0.717) is 11.3 Å². The van der Waals surface area contributed by atoms with E-state index in [0.717, 1.165) is 33.2 Å². The topological polar surface area (TPSA) is 34.9 Å². The first-order valence-corrected chi connectivity index (χ1v) is 9.18. The van der Waals surface area contributed by atoms with Gasteiger partial charge in [0.2, 0.25) is 0 Å². The monoisotopic (exact) mass is 338 g/mol. The van der Waals surface area contributed by atoms with E-state index < -0.39 is 0 Å². The van der Waals surface area contributed by atoms with Crippen molar-refractivity contribution in [2.24, 2.45) is 5.92 Å². The third-order valence-electron chi connectivity index (χ3n) is 3.90. The van der Waals surface area contributed by atoms with Crippen LogP contribution in [0.25, 0.3) is 16.6 Å². The number of hydrogen-bond acceptors (Lipinski definition) is 3. The van der Waals surface area contributed by atoms with Crippen molar-refractivity contribution in [2.45, 2.75) is 32.9 Å². The van der Waals surface area contributed by atoms with Gasteiger partial charge in [-0.2, -0.15) is 0 Å². The Labute approximate surface area is 146 Å². The highest BCUT2D eigenvalue weighted by molar-refractivity contribution is 7.99. The highest BCUT2D eigenvalue weighted by Gasteiger charge is 2.15. The molecular weight excluding hydrogens is 316 g/mol. The van der Waals surface area contributed by atoms with Crippen LogP contribution in [0, 0.1) is 19.8 Å². The fourth-order valence-corrected chi connectivity index (χ4v) is 3.58. The Morgan fingerprint density at radius 3 is 2.62 bits per heavy atom. The van der Waals surface area contributed by atoms with E-state index in [1.807, 2.05) is 38.1 Å². The fourth-order valence-electron chi connectivity index (χ4n) is 2.62. The second-order valence-corrected chi connectivity index (χ2v) is 7.53. The lowest BCUT2D eigenvalue weighted by Gasteiger charge is -2.16. The maximum Gasteiger partial charge on any atom is 0.266 e. The van der Waals surface area contributed by atoms with Gasteiger partial charge < -0.3 is 0 Å². The molecule has 0 unspecified atom stereocenters. The van der Waals surface area contributed by atoms with Gasteiger partial charge in [0.25, 0.3) is 5.56 Å². The first-order chi connectivity index (χ1) is 11.5. The van der Waals surface area contributed by atoms with Gasteiger partial charge in [0.15, 0.2) is 5.16 Å². The molecule has 24 heavy (non-hydrogen) atoms. The molecule has 0 aliphatic heterocycles. The van der Waals surface area contributed by atoms with Crippen molar-refractivity contribution in [3.8, 4) is 5.69 Å². The molecule has 4 heteroatoms. The summed E-state index contributed by atoms with van der Waals surface area (Å²) < 4.78 is 1.78. The second kappa shape index (κ2) is 6.81. The van der Waals surface area contributed by atoms with Gasteiger partial charge in [-0.05, 0) is 49.1 Å². The highest BCUT2D eigenvalue weighted by Crippen LogP contribution is 2.25. The van der Waals surface area contributed by atoms with Crippen LogP contribution in [0.3, 0.4) is 0 Å². The lowest BCUT2D eigenvalue weighted by atomic mass is 10.1. The first-order valence-electron chi connectivity index (χ1n) is 8.19. The Bertz CT molecular complexity index is 944. The zero-order chi connectivity index (χ0) is 17.3. The molecule has 0 radical (unpaired) electrons. The Morgan fingerprint density at radius 1 is 1.12 bits per heavy atom. The largest absolute Gasteiger partial charge is 0.268 e. The average molecular weight is 338 g/mol. The van der Waals surface area contributed by atoms with Crippen LogP contribution in [0.5, 0.6) is 0 Å². The van der Waals surface area contributed by atoms with Gasteiger partial charge in [-0.3, -0.25) is 9.36 Å². The molecule has 0 bridgehead atoms. The number of para-hydroxylation sites is 1. The standard InChI is InChI=1S/C20H22N2OS/c1-13(2)12-24-20-21-17-8-6-5-7-16(17)19(23)22(20)18-11-14(3)9-10-15(18)4/h5-11,13H,12H2,1-4H3.